The fourth-order valence-electron chi connectivity index (χ4n) is 1.45. The summed E-state index contributed by atoms with van der Waals surface area (Å²) in [5.74, 6) is -0.413. The van der Waals surface area contributed by atoms with Gasteiger partial charge in [-0.2, -0.15) is 0 Å². The quantitative estimate of drug-likeness (QED) is 0.899. The third-order valence-corrected chi connectivity index (χ3v) is 4.20. The second kappa shape index (κ2) is 6.45. The standard InChI is InChI=1S/C11H14Cl2N2O3S/c1-3-14-10(16)7-15(19(2,17)18)9-6-4-5-8(12)11(9)13/h4-6H,3,7H2,1-2H3,(H,14,16). The average Bonchev–Trinajstić information content (AvgIpc) is 2.29. The molecule has 1 amide bonds. The number of carbonyl (C=O) groups is 1. The van der Waals surface area contributed by atoms with E-state index in [1.165, 1.54) is 6.07 Å². The fourth-order valence-corrected chi connectivity index (χ4v) is 2.76. The Morgan fingerprint density at radius 3 is 2.53 bits per heavy atom. The van der Waals surface area contributed by atoms with Crippen LogP contribution in [0.2, 0.25) is 10.0 Å². The van der Waals surface area contributed by atoms with Crippen molar-refractivity contribution in [1.82, 2.24) is 5.32 Å². The predicted octanol–water partition coefficient (Wildman–Crippen LogP) is 1.90. The van der Waals surface area contributed by atoms with Crippen LogP contribution in [0.25, 0.3) is 0 Å². The Labute approximate surface area is 122 Å². The fraction of sp³-hybridized carbons (Fsp3) is 0.364. The van der Waals surface area contributed by atoms with Crippen LogP contribution in [0.3, 0.4) is 0 Å². The lowest BCUT2D eigenvalue weighted by atomic mass is 10.3. The van der Waals surface area contributed by atoms with Gasteiger partial charge in [0, 0.05) is 6.54 Å². The third-order valence-electron chi connectivity index (χ3n) is 2.26. The smallest absolute Gasteiger partial charge is 0.240 e. The Kier molecular flexibility index (Phi) is 5.46. The van der Waals surface area contributed by atoms with Gasteiger partial charge in [0.05, 0.1) is 22.0 Å². The minimum Gasteiger partial charge on any atom is -0.355 e. The highest BCUT2D eigenvalue weighted by Gasteiger charge is 2.23. The zero-order chi connectivity index (χ0) is 14.6. The summed E-state index contributed by atoms with van der Waals surface area (Å²) >= 11 is 11.8. The molecule has 1 rings (SSSR count). The number of hydrogen-bond acceptors (Lipinski definition) is 3. The van der Waals surface area contributed by atoms with Crippen LogP contribution in [0, 0.1) is 0 Å². The van der Waals surface area contributed by atoms with Crippen LogP contribution in [0.1, 0.15) is 6.92 Å². The second-order valence-electron chi connectivity index (χ2n) is 3.80. The van der Waals surface area contributed by atoms with Crippen molar-refractivity contribution in [3.8, 4) is 0 Å². The van der Waals surface area contributed by atoms with Crippen LogP contribution >= 0.6 is 23.2 Å². The minimum atomic E-state index is -3.64. The van der Waals surface area contributed by atoms with Gasteiger partial charge in [-0.15, -0.1) is 0 Å². The Balaban J connectivity index is 3.19. The molecule has 8 heteroatoms. The van der Waals surface area contributed by atoms with Gasteiger partial charge in [-0.3, -0.25) is 9.10 Å². The summed E-state index contributed by atoms with van der Waals surface area (Å²) in [6.45, 7) is 1.82. The Morgan fingerprint density at radius 2 is 2.00 bits per heavy atom. The van der Waals surface area contributed by atoms with Crippen LogP contribution in [0.4, 0.5) is 5.69 Å². The molecule has 5 nitrogen and oxygen atoms in total. The molecular formula is C11H14Cl2N2O3S. The van der Waals surface area contributed by atoms with Crippen LogP contribution in [-0.4, -0.2) is 33.7 Å². The molecule has 0 heterocycles. The molecule has 0 saturated carbocycles. The molecule has 106 valence electrons. The van der Waals surface area contributed by atoms with Gasteiger partial charge in [-0.1, -0.05) is 29.3 Å². The van der Waals surface area contributed by atoms with Gasteiger partial charge < -0.3 is 5.32 Å². The summed E-state index contributed by atoms with van der Waals surface area (Å²) in [6.07, 6.45) is 1.00. The molecule has 0 fully saturated rings. The minimum absolute atomic E-state index is 0.0962. The Morgan fingerprint density at radius 1 is 1.37 bits per heavy atom. The molecule has 1 aromatic carbocycles. The molecule has 19 heavy (non-hydrogen) atoms. The van der Waals surface area contributed by atoms with Crippen LogP contribution in [0.5, 0.6) is 0 Å². The van der Waals surface area contributed by atoms with Gasteiger partial charge in [-0.05, 0) is 19.1 Å². The molecule has 1 aromatic rings. The number of nitrogens with one attached hydrogen (secondary N) is 1. The average molecular weight is 325 g/mol. The molecule has 0 aliphatic carbocycles. The molecular weight excluding hydrogens is 311 g/mol. The summed E-state index contributed by atoms with van der Waals surface area (Å²) in [5, 5.41) is 2.85. The van der Waals surface area contributed by atoms with Crippen molar-refractivity contribution in [2.75, 3.05) is 23.7 Å². The van der Waals surface area contributed by atoms with E-state index in [1.54, 1.807) is 19.1 Å². The maximum absolute atomic E-state index is 11.8. The summed E-state index contributed by atoms with van der Waals surface area (Å²) in [7, 11) is -3.64. The first-order chi connectivity index (χ1) is 8.77. The summed E-state index contributed by atoms with van der Waals surface area (Å²) in [5.41, 5.74) is 0.183. The summed E-state index contributed by atoms with van der Waals surface area (Å²) < 4.78 is 24.5. The van der Waals surface area contributed by atoms with E-state index in [0.29, 0.717) is 6.54 Å². The van der Waals surface area contributed by atoms with Crippen molar-refractivity contribution < 1.29 is 13.2 Å². The van der Waals surface area contributed by atoms with Gasteiger partial charge in [0.25, 0.3) is 0 Å². The van der Waals surface area contributed by atoms with Crippen molar-refractivity contribution in [3.05, 3.63) is 28.2 Å². The highest BCUT2D eigenvalue weighted by molar-refractivity contribution is 7.92. The Bertz CT molecular complexity index is 575. The lowest BCUT2D eigenvalue weighted by Gasteiger charge is -2.23. The first kappa shape index (κ1) is 16.1. The van der Waals surface area contributed by atoms with Crippen LogP contribution in [0.15, 0.2) is 18.2 Å². The molecule has 0 bridgehead atoms. The topological polar surface area (TPSA) is 66.5 Å². The number of sulfonamides is 1. The van der Waals surface area contributed by atoms with Gasteiger partial charge in [0.2, 0.25) is 15.9 Å². The molecule has 0 atom stereocenters. The molecule has 0 saturated heterocycles. The van der Waals surface area contributed by atoms with Gasteiger partial charge in [-0.25, -0.2) is 8.42 Å². The number of rotatable bonds is 5. The number of likely N-dealkylation sites (N-methyl/N-ethyl adjacent to an activating group) is 1. The van der Waals surface area contributed by atoms with Crippen LogP contribution < -0.4 is 9.62 Å². The van der Waals surface area contributed by atoms with Crippen molar-refractivity contribution in [2.24, 2.45) is 0 Å². The van der Waals surface area contributed by atoms with E-state index in [-0.39, 0.29) is 22.3 Å². The van der Waals surface area contributed by atoms with E-state index in [9.17, 15) is 13.2 Å². The molecule has 1 N–H and O–H groups in total. The number of nitrogens with zero attached hydrogens (tertiary/aromatic N) is 1. The number of anilines is 1. The maximum Gasteiger partial charge on any atom is 0.240 e. The number of hydrogen-bond donors (Lipinski definition) is 1. The van der Waals surface area contributed by atoms with Gasteiger partial charge in [0.15, 0.2) is 0 Å². The van der Waals surface area contributed by atoms with E-state index in [1.807, 2.05) is 0 Å². The lowest BCUT2D eigenvalue weighted by molar-refractivity contribution is -0.119. The maximum atomic E-state index is 11.8. The zero-order valence-corrected chi connectivity index (χ0v) is 12.8. The van der Waals surface area contributed by atoms with E-state index in [4.69, 9.17) is 23.2 Å². The molecule has 0 aliphatic heterocycles. The number of carbonyl (C=O) groups excluding carboxylic acids is 1. The molecule has 0 aliphatic rings. The number of halogens is 2. The first-order valence-corrected chi connectivity index (χ1v) is 8.06. The Hall–Kier alpha value is -0.980. The van der Waals surface area contributed by atoms with E-state index < -0.39 is 15.9 Å². The predicted molar refractivity (Wildman–Crippen MR) is 77.3 cm³/mol. The van der Waals surface area contributed by atoms with Crippen molar-refractivity contribution in [3.63, 3.8) is 0 Å². The van der Waals surface area contributed by atoms with Crippen molar-refractivity contribution in [1.29, 1.82) is 0 Å². The monoisotopic (exact) mass is 324 g/mol. The molecule has 0 spiro atoms. The zero-order valence-electron chi connectivity index (χ0n) is 10.5. The largest absolute Gasteiger partial charge is 0.355 e. The van der Waals surface area contributed by atoms with Crippen LogP contribution in [-0.2, 0) is 14.8 Å². The molecule has 0 unspecified atom stereocenters. The number of amides is 1. The number of benzene rings is 1. The lowest BCUT2D eigenvalue weighted by Crippen LogP contribution is -2.40. The SMILES string of the molecule is CCNC(=O)CN(c1cccc(Cl)c1Cl)S(C)(=O)=O. The van der Waals surface area contributed by atoms with Crippen molar-refractivity contribution in [2.45, 2.75) is 6.92 Å². The highest BCUT2D eigenvalue weighted by Crippen LogP contribution is 2.33. The summed E-state index contributed by atoms with van der Waals surface area (Å²) in [6, 6.07) is 4.61. The molecule has 0 radical (unpaired) electrons. The van der Waals surface area contributed by atoms with Crippen molar-refractivity contribution >= 4 is 44.8 Å². The highest BCUT2D eigenvalue weighted by atomic mass is 35.5. The summed E-state index contributed by atoms with van der Waals surface area (Å²) in [4.78, 5) is 11.6. The third kappa shape index (κ3) is 4.26. The van der Waals surface area contributed by atoms with Gasteiger partial charge >= 0.3 is 0 Å². The van der Waals surface area contributed by atoms with E-state index in [0.717, 1.165) is 10.6 Å². The van der Waals surface area contributed by atoms with E-state index >= 15 is 0 Å². The second-order valence-corrected chi connectivity index (χ2v) is 6.49. The van der Waals surface area contributed by atoms with Gasteiger partial charge in [0.1, 0.15) is 6.54 Å². The molecule has 0 aromatic heterocycles. The van der Waals surface area contributed by atoms with E-state index in [2.05, 4.69) is 5.32 Å². The first-order valence-electron chi connectivity index (χ1n) is 5.45. The normalized spacial score (nSPS) is 11.2.